The van der Waals surface area contributed by atoms with Crippen molar-refractivity contribution < 1.29 is 23.9 Å². The summed E-state index contributed by atoms with van der Waals surface area (Å²) in [6, 6.07) is 4.31. The fraction of sp³-hybridized carbons (Fsp3) is 0.533. The largest absolute Gasteiger partial charge is 0.490 e. The first kappa shape index (κ1) is 16.9. The second-order valence-corrected chi connectivity index (χ2v) is 6.22. The van der Waals surface area contributed by atoms with Crippen LogP contribution < -0.4 is 9.47 Å². The number of rotatable bonds is 4. The number of amides is 1. The second-order valence-electron chi connectivity index (χ2n) is 6.22. The van der Waals surface area contributed by atoms with Crippen LogP contribution in [0.1, 0.15) is 20.8 Å². The molecule has 0 aliphatic carbocycles. The molecule has 0 radical (unpaired) electrons. The fourth-order valence-electron chi connectivity index (χ4n) is 2.06. The molecule has 8 heteroatoms. The van der Waals surface area contributed by atoms with Crippen molar-refractivity contribution >= 4 is 11.8 Å². The first-order valence-corrected chi connectivity index (χ1v) is 7.16. The van der Waals surface area contributed by atoms with E-state index in [0.29, 0.717) is 18.8 Å². The number of carbonyl (C=O) groups is 1. The monoisotopic (exact) mass is 324 g/mol. The van der Waals surface area contributed by atoms with Crippen LogP contribution in [0.3, 0.4) is 0 Å². The summed E-state index contributed by atoms with van der Waals surface area (Å²) in [6.45, 7) is 6.24. The Balaban J connectivity index is 1.91. The van der Waals surface area contributed by atoms with Gasteiger partial charge in [0.2, 0.25) is 5.75 Å². The summed E-state index contributed by atoms with van der Waals surface area (Å²) in [7, 11) is 1.36. The molecule has 0 atom stereocenters. The lowest BCUT2D eigenvalue weighted by atomic mass is 10.1. The number of nitro benzene ring substituents is 1. The van der Waals surface area contributed by atoms with Crippen LogP contribution in [0.2, 0.25) is 0 Å². The summed E-state index contributed by atoms with van der Waals surface area (Å²) < 4.78 is 15.9. The van der Waals surface area contributed by atoms with Crippen molar-refractivity contribution in [3.63, 3.8) is 0 Å². The molecule has 1 fully saturated rings. The van der Waals surface area contributed by atoms with Crippen LogP contribution in [0.4, 0.5) is 10.5 Å². The Hall–Kier alpha value is -2.51. The van der Waals surface area contributed by atoms with Gasteiger partial charge in [-0.05, 0) is 26.8 Å². The lowest BCUT2D eigenvalue weighted by molar-refractivity contribution is -0.385. The van der Waals surface area contributed by atoms with E-state index in [9.17, 15) is 14.9 Å². The second kappa shape index (κ2) is 6.31. The van der Waals surface area contributed by atoms with E-state index in [1.165, 1.54) is 25.3 Å². The average Bonchev–Trinajstić information content (AvgIpc) is 2.39. The molecule has 0 spiro atoms. The Kier molecular flexibility index (Phi) is 4.63. The number of carbonyl (C=O) groups excluding carboxylic acids is 1. The van der Waals surface area contributed by atoms with E-state index in [0.717, 1.165) is 0 Å². The number of ether oxygens (including phenoxy) is 3. The maximum absolute atomic E-state index is 11.8. The number of hydrogen-bond acceptors (Lipinski definition) is 6. The number of hydrogen-bond donors (Lipinski definition) is 0. The molecule has 23 heavy (non-hydrogen) atoms. The van der Waals surface area contributed by atoms with Gasteiger partial charge in [0, 0.05) is 12.1 Å². The summed E-state index contributed by atoms with van der Waals surface area (Å²) in [5, 5.41) is 10.8. The number of benzene rings is 1. The van der Waals surface area contributed by atoms with E-state index in [2.05, 4.69) is 0 Å². The highest BCUT2D eigenvalue weighted by molar-refractivity contribution is 5.69. The Labute approximate surface area is 134 Å². The molecule has 126 valence electrons. The van der Waals surface area contributed by atoms with Crippen LogP contribution in [0, 0.1) is 10.1 Å². The van der Waals surface area contributed by atoms with Crippen molar-refractivity contribution in [1.82, 2.24) is 4.90 Å². The van der Waals surface area contributed by atoms with Gasteiger partial charge in [-0.15, -0.1) is 0 Å². The highest BCUT2D eigenvalue weighted by atomic mass is 16.6. The SMILES string of the molecule is COc1cc(OC2CN(C(=O)OC(C)(C)C)C2)ccc1[N+](=O)[O-]. The third-order valence-electron chi connectivity index (χ3n) is 3.15. The Bertz CT molecular complexity index is 604. The van der Waals surface area contributed by atoms with Crippen molar-refractivity contribution in [1.29, 1.82) is 0 Å². The summed E-state index contributed by atoms with van der Waals surface area (Å²) in [6.07, 6.45) is -0.549. The van der Waals surface area contributed by atoms with E-state index in [4.69, 9.17) is 14.2 Å². The fourth-order valence-corrected chi connectivity index (χ4v) is 2.06. The molecule has 0 unspecified atom stereocenters. The lowest BCUT2D eigenvalue weighted by Crippen LogP contribution is -2.57. The van der Waals surface area contributed by atoms with Crippen molar-refractivity contribution in [2.24, 2.45) is 0 Å². The zero-order valence-corrected chi connectivity index (χ0v) is 13.6. The molecule has 0 bridgehead atoms. The van der Waals surface area contributed by atoms with Gasteiger partial charge in [0.25, 0.3) is 0 Å². The maximum Gasteiger partial charge on any atom is 0.410 e. The van der Waals surface area contributed by atoms with Gasteiger partial charge in [-0.1, -0.05) is 0 Å². The van der Waals surface area contributed by atoms with Crippen molar-refractivity contribution in [2.75, 3.05) is 20.2 Å². The predicted octanol–water partition coefficient (Wildman–Crippen LogP) is 2.60. The lowest BCUT2D eigenvalue weighted by Gasteiger charge is -2.39. The smallest absolute Gasteiger partial charge is 0.410 e. The third kappa shape index (κ3) is 4.24. The van der Waals surface area contributed by atoms with Gasteiger partial charge in [0.05, 0.1) is 25.1 Å². The Morgan fingerprint density at radius 3 is 2.52 bits per heavy atom. The summed E-state index contributed by atoms with van der Waals surface area (Å²) >= 11 is 0. The minimum Gasteiger partial charge on any atom is -0.490 e. The van der Waals surface area contributed by atoms with Gasteiger partial charge >= 0.3 is 11.8 Å². The minimum absolute atomic E-state index is 0.121. The number of nitro groups is 1. The van der Waals surface area contributed by atoms with Crippen molar-refractivity contribution in [3.05, 3.63) is 28.3 Å². The quantitative estimate of drug-likeness (QED) is 0.624. The van der Waals surface area contributed by atoms with E-state index in [1.54, 1.807) is 4.90 Å². The molecule has 1 saturated heterocycles. The zero-order chi connectivity index (χ0) is 17.2. The van der Waals surface area contributed by atoms with Crippen LogP contribution in [0.25, 0.3) is 0 Å². The van der Waals surface area contributed by atoms with Crippen LogP contribution >= 0.6 is 0 Å². The molecule has 0 N–H and O–H groups in total. The van der Waals surface area contributed by atoms with Crippen molar-refractivity contribution in [3.8, 4) is 11.5 Å². The van der Waals surface area contributed by atoms with E-state index in [1.807, 2.05) is 20.8 Å². The van der Waals surface area contributed by atoms with Gasteiger partial charge in [0.1, 0.15) is 17.5 Å². The topological polar surface area (TPSA) is 91.1 Å². The minimum atomic E-state index is -0.533. The molecule has 1 aromatic rings. The molecular formula is C15H20N2O6. The molecule has 8 nitrogen and oxygen atoms in total. The summed E-state index contributed by atoms with van der Waals surface area (Å²) in [4.78, 5) is 23.7. The van der Waals surface area contributed by atoms with Crippen molar-refractivity contribution in [2.45, 2.75) is 32.5 Å². The van der Waals surface area contributed by atoms with Crippen LogP contribution in [0.5, 0.6) is 11.5 Å². The molecule has 1 aliphatic rings. The normalized spacial score (nSPS) is 14.9. The van der Waals surface area contributed by atoms with Gasteiger partial charge in [-0.3, -0.25) is 10.1 Å². The third-order valence-corrected chi connectivity index (χ3v) is 3.15. The van der Waals surface area contributed by atoms with Crippen LogP contribution in [-0.2, 0) is 4.74 Å². The summed E-state index contributed by atoms with van der Waals surface area (Å²) in [5.74, 6) is 0.595. The van der Waals surface area contributed by atoms with Gasteiger partial charge in [-0.2, -0.15) is 0 Å². The number of methoxy groups -OCH3 is 1. The molecule has 1 aromatic carbocycles. The zero-order valence-electron chi connectivity index (χ0n) is 13.6. The molecule has 0 aromatic heterocycles. The standard InChI is InChI=1S/C15H20N2O6/c1-15(2,3)23-14(18)16-8-11(9-16)22-10-5-6-12(17(19)20)13(7-10)21-4/h5-7,11H,8-9H2,1-4H3. The average molecular weight is 324 g/mol. The highest BCUT2D eigenvalue weighted by Crippen LogP contribution is 2.32. The first-order chi connectivity index (χ1) is 10.7. The Morgan fingerprint density at radius 1 is 1.35 bits per heavy atom. The molecule has 2 rings (SSSR count). The highest BCUT2D eigenvalue weighted by Gasteiger charge is 2.35. The van der Waals surface area contributed by atoms with E-state index >= 15 is 0 Å². The molecular weight excluding hydrogens is 304 g/mol. The molecule has 0 saturated carbocycles. The molecule has 1 amide bonds. The maximum atomic E-state index is 11.8. The summed E-state index contributed by atoms with van der Waals surface area (Å²) in [5.41, 5.74) is -0.654. The number of nitrogens with zero attached hydrogens (tertiary/aromatic N) is 2. The first-order valence-electron chi connectivity index (χ1n) is 7.16. The van der Waals surface area contributed by atoms with E-state index in [-0.39, 0.29) is 23.6 Å². The van der Waals surface area contributed by atoms with E-state index < -0.39 is 10.5 Å². The predicted molar refractivity (Wildman–Crippen MR) is 81.9 cm³/mol. The molecule has 1 heterocycles. The molecule has 1 aliphatic heterocycles. The Morgan fingerprint density at radius 2 is 2.00 bits per heavy atom. The van der Waals surface area contributed by atoms with Crippen LogP contribution in [-0.4, -0.2) is 47.8 Å². The van der Waals surface area contributed by atoms with Crippen LogP contribution in [0.15, 0.2) is 18.2 Å². The van der Waals surface area contributed by atoms with Gasteiger partial charge in [0.15, 0.2) is 0 Å². The number of likely N-dealkylation sites (tertiary alicyclic amines) is 1. The van der Waals surface area contributed by atoms with Gasteiger partial charge < -0.3 is 19.1 Å². The van der Waals surface area contributed by atoms with Gasteiger partial charge in [-0.25, -0.2) is 4.79 Å².